The smallest absolute Gasteiger partial charge is 0.342 e. The Hall–Kier alpha value is -1.53. The van der Waals surface area contributed by atoms with E-state index in [9.17, 15) is 18.0 Å². The molecule has 0 aromatic carbocycles. The van der Waals surface area contributed by atoms with Gasteiger partial charge in [0, 0.05) is 19.3 Å². The normalized spacial score (nSPS) is 21.3. The van der Waals surface area contributed by atoms with Gasteiger partial charge in [0.25, 0.3) is 0 Å². The van der Waals surface area contributed by atoms with Crippen LogP contribution in [-0.4, -0.2) is 39.9 Å². The van der Waals surface area contributed by atoms with Crippen LogP contribution in [0.1, 0.15) is 51.1 Å². The maximum atomic E-state index is 13.1. The topological polar surface area (TPSA) is 38.1 Å². The molecule has 1 aromatic heterocycles. The molecule has 0 radical (unpaired) electrons. The predicted octanol–water partition coefficient (Wildman–Crippen LogP) is 3.59. The molecule has 0 unspecified atom stereocenters. The molecule has 0 spiro atoms. The molecule has 1 saturated heterocycles. The van der Waals surface area contributed by atoms with Gasteiger partial charge in [-0.3, -0.25) is 9.48 Å². The van der Waals surface area contributed by atoms with E-state index >= 15 is 0 Å². The Morgan fingerprint density at radius 3 is 2.46 bits per heavy atom. The summed E-state index contributed by atoms with van der Waals surface area (Å²) >= 11 is 0. The van der Waals surface area contributed by atoms with Crippen LogP contribution < -0.4 is 0 Å². The van der Waals surface area contributed by atoms with Gasteiger partial charge in [0.15, 0.2) is 0 Å². The summed E-state index contributed by atoms with van der Waals surface area (Å²) in [7, 11) is 0. The monoisotopic (exact) mass is 343 g/mol. The highest BCUT2D eigenvalue weighted by Crippen LogP contribution is 2.58. The third-order valence-electron chi connectivity index (χ3n) is 5.13. The minimum absolute atomic E-state index is 0.0625. The van der Waals surface area contributed by atoms with Crippen molar-refractivity contribution in [3.8, 4) is 0 Å². The van der Waals surface area contributed by atoms with Crippen LogP contribution in [0.25, 0.3) is 0 Å². The van der Waals surface area contributed by atoms with Crippen LogP contribution in [0.3, 0.4) is 0 Å². The van der Waals surface area contributed by atoms with Crippen molar-refractivity contribution in [2.75, 3.05) is 13.1 Å². The first-order valence-electron chi connectivity index (χ1n) is 8.62. The van der Waals surface area contributed by atoms with Crippen molar-refractivity contribution in [3.05, 3.63) is 18.0 Å². The first-order valence-corrected chi connectivity index (χ1v) is 8.62. The lowest BCUT2D eigenvalue weighted by Crippen LogP contribution is -2.47. The van der Waals surface area contributed by atoms with Gasteiger partial charge in [-0.2, -0.15) is 18.3 Å². The van der Waals surface area contributed by atoms with E-state index in [1.165, 1.54) is 10.5 Å². The lowest BCUT2D eigenvalue weighted by molar-refractivity contribution is -0.199. The maximum Gasteiger partial charge on any atom is 0.403 e. The summed E-state index contributed by atoms with van der Waals surface area (Å²) in [6.07, 6.45) is 1.62. The third-order valence-corrected chi connectivity index (χ3v) is 5.13. The Labute approximate surface area is 140 Å². The second kappa shape index (κ2) is 6.08. The summed E-state index contributed by atoms with van der Waals surface area (Å²) in [5, 5.41) is 4.40. The fraction of sp³-hybridized carbons (Fsp3) is 0.765. The van der Waals surface area contributed by atoms with Crippen molar-refractivity contribution < 1.29 is 18.0 Å². The van der Waals surface area contributed by atoms with Crippen LogP contribution in [0.15, 0.2) is 12.4 Å². The van der Waals surface area contributed by atoms with E-state index in [1.54, 1.807) is 0 Å². The van der Waals surface area contributed by atoms with Crippen LogP contribution in [-0.2, 0) is 11.2 Å². The van der Waals surface area contributed by atoms with E-state index in [-0.39, 0.29) is 18.9 Å². The zero-order chi connectivity index (χ0) is 17.5. The number of likely N-dealkylation sites (tertiary alicyclic amines) is 1. The molecule has 0 N–H and O–H groups in total. The zero-order valence-electron chi connectivity index (χ0n) is 14.1. The molecule has 2 aliphatic rings. The lowest BCUT2D eigenvalue weighted by atomic mass is 10.00. The van der Waals surface area contributed by atoms with Crippen LogP contribution in [0.2, 0.25) is 0 Å². The van der Waals surface area contributed by atoms with Crippen LogP contribution in [0, 0.1) is 11.3 Å². The quantitative estimate of drug-likeness (QED) is 0.838. The Bertz CT molecular complexity index is 596. The number of carbonyl (C=O) groups excluding carboxylic acids is 1. The van der Waals surface area contributed by atoms with Gasteiger partial charge in [0.2, 0.25) is 5.91 Å². The highest BCUT2D eigenvalue weighted by Gasteiger charge is 2.69. The molecule has 2 heterocycles. The molecular weight excluding hydrogens is 319 g/mol. The summed E-state index contributed by atoms with van der Waals surface area (Å²) in [5.41, 5.74) is -0.909. The van der Waals surface area contributed by atoms with Gasteiger partial charge in [0.05, 0.1) is 12.2 Å². The molecule has 1 saturated carbocycles. The van der Waals surface area contributed by atoms with Gasteiger partial charge in [-0.05, 0) is 43.6 Å². The van der Waals surface area contributed by atoms with Crippen molar-refractivity contribution in [2.24, 2.45) is 11.3 Å². The van der Waals surface area contributed by atoms with Crippen LogP contribution in [0.4, 0.5) is 13.2 Å². The van der Waals surface area contributed by atoms with Crippen molar-refractivity contribution in [1.82, 2.24) is 14.7 Å². The van der Waals surface area contributed by atoms with E-state index < -0.39 is 17.5 Å². The van der Waals surface area contributed by atoms with Crippen LogP contribution in [0.5, 0.6) is 0 Å². The molecule has 1 aliphatic carbocycles. The number of amides is 1. The Balaban J connectivity index is 1.58. The lowest BCUT2D eigenvalue weighted by Gasteiger charge is -2.35. The van der Waals surface area contributed by atoms with Crippen LogP contribution >= 0.6 is 0 Å². The third kappa shape index (κ3) is 3.17. The molecule has 0 atom stereocenters. The number of carbonyl (C=O) groups is 1. The number of alkyl halides is 3. The van der Waals surface area contributed by atoms with Gasteiger partial charge >= 0.3 is 6.18 Å². The number of nitrogens with zero attached hydrogens (tertiary/aromatic N) is 3. The molecule has 1 aromatic rings. The largest absolute Gasteiger partial charge is 0.403 e. The van der Waals surface area contributed by atoms with Gasteiger partial charge < -0.3 is 4.90 Å². The van der Waals surface area contributed by atoms with Crippen molar-refractivity contribution in [3.63, 3.8) is 0 Å². The fourth-order valence-corrected chi connectivity index (χ4v) is 3.53. The second-order valence-electron chi connectivity index (χ2n) is 7.53. The molecule has 0 bridgehead atoms. The molecule has 1 aliphatic heterocycles. The standard InChI is InChI=1S/C17H24F3N3O/c1-12(2)9-13-10-21-23(11-13)14-3-7-22(8-4-14)15(24)16(5-6-16)17(18,19)20/h10-12,14H,3-9H2,1-2H3. The summed E-state index contributed by atoms with van der Waals surface area (Å²) in [6.45, 7) is 5.05. The van der Waals surface area contributed by atoms with Crippen molar-refractivity contribution >= 4 is 5.91 Å². The minimum atomic E-state index is -4.42. The SMILES string of the molecule is CC(C)Cc1cnn(C2CCN(C(=O)C3(C(F)(F)F)CC3)CC2)c1. The molecule has 1 amide bonds. The highest BCUT2D eigenvalue weighted by molar-refractivity contribution is 5.86. The molecule has 24 heavy (non-hydrogen) atoms. The first kappa shape index (κ1) is 17.3. The van der Waals surface area contributed by atoms with E-state index in [4.69, 9.17) is 0 Å². The van der Waals surface area contributed by atoms with Gasteiger partial charge in [-0.25, -0.2) is 0 Å². The van der Waals surface area contributed by atoms with Gasteiger partial charge in [-0.15, -0.1) is 0 Å². The van der Waals surface area contributed by atoms with Gasteiger partial charge in [-0.1, -0.05) is 13.8 Å². The van der Waals surface area contributed by atoms with E-state index in [2.05, 4.69) is 18.9 Å². The minimum Gasteiger partial charge on any atom is -0.342 e. The Kier molecular flexibility index (Phi) is 4.38. The number of piperidine rings is 1. The number of rotatable bonds is 4. The fourth-order valence-electron chi connectivity index (χ4n) is 3.53. The highest BCUT2D eigenvalue weighted by atomic mass is 19.4. The molecule has 7 heteroatoms. The molecule has 4 nitrogen and oxygen atoms in total. The average Bonchev–Trinajstić information content (AvgIpc) is 3.21. The van der Waals surface area contributed by atoms with E-state index in [0.29, 0.717) is 31.8 Å². The number of halogens is 3. The van der Waals surface area contributed by atoms with Crippen molar-refractivity contribution in [1.29, 1.82) is 0 Å². The second-order valence-corrected chi connectivity index (χ2v) is 7.53. The van der Waals surface area contributed by atoms with Crippen molar-refractivity contribution in [2.45, 2.75) is 58.2 Å². The van der Waals surface area contributed by atoms with Gasteiger partial charge in [0.1, 0.15) is 5.41 Å². The predicted molar refractivity (Wildman–Crippen MR) is 83.3 cm³/mol. The molecule has 3 rings (SSSR count). The Morgan fingerprint density at radius 2 is 1.96 bits per heavy atom. The van der Waals surface area contributed by atoms with E-state index in [1.807, 2.05) is 17.1 Å². The number of aromatic nitrogens is 2. The molecule has 2 fully saturated rings. The zero-order valence-corrected chi connectivity index (χ0v) is 14.1. The summed E-state index contributed by atoms with van der Waals surface area (Å²) in [4.78, 5) is 13.7. The molecular formula is C17H24F3N3O. The summed E-state index contributed by atoms with van der Waals surface area (Å²) in [5.74, 6) is -0.173. The maximum absolute atomic E-state index is 13.1. The molecule has 134 valence electrons. The van der Waals surface area contributed by atoms with E-state index in [0.717, 1.165) is 6.42 Å². The first-order chi connectivity index (χ1) is 11.2. The summed E-state index contributed by atoms with van der Waals surface area (Å²) in [6, 6.07) is 0.163. The Morgan fingerprint density at radius 1 is 1.33 bits per heavy atom. The number of hydrogen-bond donors (Lipinski definition) is 0. The number of hydrogen-bond acceptors (Lipinski definition) is 2. The summed E-state index contributed by atoms with van der Waals surface area (Å²) < 4.78 is 41.2. The average molecular weight is 343 g/mol.